The van der Waals surface area contributed by atoms with Gasteiger partial charge in [-0.1, -0.05) is 0 Å². The van der Waals surface area contributed by atoms with Crippen LogP contribution in [-0.4, -0.2) is 14.3 Å². The molecule has 2 heterocycles. The molecule has 0 unspecified atom stereocenters. The van der Waals surface area contributed by atoms with Crippen LogP contribution in [0.25, 0.3) is 0 Å². The van der Waals surface area contributed by atoms with Gasteiger partial charge < -0.3 is 5.32 Å². The molecule has 0 spiro atoms. The zero-order valence-corrected chi connectivity index (χ0v) is 11.6. The number of alkyl halides is 3. The molecule has 0 aromatic carbocycles. The molecule has 0 saturated heterocycles. The minimum Gasteiger partial charge on any atom is -0.313 e. The van der Waals surface area contributed by atoms with Crippen molar-refractivity contribution in [2.45, 2.75) is 6.18 Å². The molecule has 6 nitrogen and oxygen atoms in total. The second-order valence-electron chi connectivity index (χ2n) is 3.36. The van der Waals surface area contributed by atoms with Crippen LogP contribution in [0.5, 0.6) is 0 Å². The van der Waals surface area contributed by atoms with Gasteiger partial charge in [0.05, 0.1) is 4.47 Å². The van der Waals surface area contributed by atoms with E-state index in [1.807, 2.05) is 0 Å². The second-order valence-corrected chi connectivity index (χ2v) is 5.03. The van der Waals surface area contributed by atoms with Gasteiger partial charge in [0.2, 0.25) is 5.95 Å². The lowest BCUT2D eigenvalue weighted by Crippen LogP contribution is -2.11. The number of hydrogen-bond acceptors (Lipinski definition) is 6. The Balaban J connectivity index is 2.41. The molecule has 11 heteroatoms. The van der Waals surface area contributed by atoms with Crippen LogP contribution in [0.15, 0.2) is 15.5 Å². The summed E-state index contributed by atoms with van der Waals surface area (Å²) in [4.78, 5) is 18.2. The number of nitrogens with zero attached hydrogens (tertiary/aromatic N) is 3. The number of aromatic amines is 1. The number of aromatic nitrogens is 3. The fraction of sp³-hybridized carbons (Fsp3) is 0.111. The number of halogens is 4. The number of nitrogens with one attached hydrogen (secondary N) is 2. The number of H-pyrrole nitrogens is 1. The molecular formula is C9H3BrF3N5OS. The quantitative estimate of drug-likeness (QED) is 0.852. The van der Waals surface area contributed by atoms with E-state index in [9.17, 15) is 18.0 Å². The van der Waals surface area contributed by atoms with Crippen molar-refractivity contribution in [2.75, 3.05) is 5.32 Å². The summed E-state index contributed by atoms with van der Waals surface area (Å²) in [5.41, 5.74) is -2.03. The van der Waals surface area contributed by atoms with Gasteiger partial charge in [0.15, 0.2) is 11.3 Å². The molecule has 2 N–H and O–H groups in total. The van der Waals surface area contributed by atoms with Gasteiger partial charge in [-0.15, -0.1) is 0 Å². The van der Waals surface area contributed by atoms with Gasteiger partial charge in [0, 0.05) is 6.20 Å². The van der Waals surface area contributed by atoms with Gasteiger partial charge in [0.25, 0.3) is 5.56 Å². The van der Waals surface area contributed by atoms with Crippen molar-refractivity contribution >= 4 is 38.4 Å². The van der Waals surface area contributed by atoms with Crippen LogP contribution in [0.4, 0.5) is 24.1 Å². The van der Waals surface area contributed by atoms with Crippen LogP contribution in [-0.2, 0) is 6.18 Å². The minimum absolute atomic E-state index is 0.0490. The van der Waals surface area contributed by atoms with E-state index < -0.39 is 17.4 Å². The van der Waals surface area contributed by atoms with E-state index in [4.69, 9.17) is 5.26 Å². The maximum atomic E-state index is 12.7. The predicted molar refractivity (Wildman–Crippen MR) is 67.7 cm³/mol. The molecule has 104 valence electrons. The van der Waals surface area contributed by atoms with Gasteiger partial charge in [-0.25, -0.2) is 9.97 Å². The number of hydrogen-bond donors (Lipinski definition) is 2. The molecule has 0 aliphatic rings. The molecule has 0 radical (unpaired) electrons. The van der Waals surface area contributed by atoms with Gasteiger partial charge in [0.1, 0.15) is 11.1 Å². The zero-order valence-electron chi connectivity index (χ0n) is 9.25. The molecular weight excluding hydrogens is 363 g/mol. The Hall–Kier alpha value is -1.93. The number of nitriles is 1. The highest BCUT2D eigenvalue weighted by molar-refractivity contribution is 9.10. The monoisotopic (exact) mass is 365 g/mol. The summed E-state index contributed by atoms with van der Waals surface area (Å²) in [6.45, 7) is 0. The van der Waals surface area contributed by atoms with Crippen molar-refractivity contribution in [3.05, 3.63) is 32.3 Å². The lowest BCUT2D eigenvalue weighted by molar-refractivity contribution is -0.141. The number of rotatable bonds is 2. The Kier molecular flexibility index (Phi) is 3.78. The summed E-state index contributed by atoms with van der Waals surface area (Å²) >= 11 is 3.47. The summed E-state index contributed by atoms with van der Waals surface area (Å²) in [6.07, 6.45) is -3.72. The van der Waals surface area contributed by atoms with Crippen molar-refractivity contribution in [2.24, 2.45) is 0 Å². The minimum atomic E-state index is -4.65. The highest BCUT2D eigenvalue weighted by atomic mass is 79.9. The summed E-state index contributed by atoms with van der Waals surface area (Å²) < 4.78 is 40.0. The van der Waals surface area contributed by atoms with Crippen molar-refractivity contribution in [1.29, 1.82) is 5.26 Å². The van der Waals surface area contributed by atoms with Gasteiger partial charge >= 0.3 is 6.18 Å². The molecule has 0 aliphatic heterocycles. The van der Waals surface area contributed by atoms with E-state index >= 15 is 0 Å². The predicted octanol–water partition coefficient (Wildman–Crippen LogP) is 2.62. The highest BCUT2D eigenvalue weighted by Crippen LogP contribution is 2.33. The summed E-state index contributed by atoms with van der Waals surface area (Å²) in [7, 11) is 0. The second kappa shape index (κ2) is 5.22. The molecule has 20 heavy (non-hydrogen) atoms. The topological polar surface area (TPSA) is 94.5 Å². The van der Waals surface area contributed by atoms with E-state index in [-0.39, 0.29) is 21.0 Å². The fourth-order valence-corrected chi connectivity index (χ4v) is 2.32. The van der Waals surface area contributed by atoms with E-state index in [0.717, 1.165) is 17.7 Å². The fourth-order valence-electron chi connectivity index (χ4n) is 1.22. The van der Waals surface area contributed by atoms with Crippen molar-refractivity contribution in [1.82, 2.24) is 14.3 Å². The lowest BCUT2D eigenvalue weighted by Gasteiger charge is -2.09. The Morgan fingerprint density at radius 3 is 2.80 bits per heavy atom. The van der Waals surface area contributed by atoms with Crippen molar-refractivity contribution in [3.8, 4) is 6.07 Å². The van der Waals surface area contributed by atoms with E-state index in [2.05, 4.69) is 35.6 Å². The molecule has 2 aromatic rings. The van der Waals surface area contributed by atoms with Crippen molar-refractivity contribution in [3.63, 3.8) is 0 Å². The number of anilines is 2. The molecule has 0 amide bonds. The molecule has 0 saturated carbocycles. The summed E-state index contributed by atoms with van der Waals surface area (Å²) in [6, 6.07) is 1.64. The highest BCUT2D eigenvalue weighted by Gasteiger charge is 2.35. The van der Waals surface area contributed by atoms with Crippen molar-refractivity contribution < 1.29 is 13.2 Å². The zero-order chi connectivity index (χ0) is 14.9. The Morgan fingerprint density at radius 2 is 2.20 bits per heavy atom. The third-order valence-electron chi connectivity index (χ3n) is 2.05. The van der Waals surface area contributed by atoms with Gasteiger partial charge in [-0.2, -0.15) is 18.4 Å². The van der Waals surface area contributed by atoms with E-state index in [1.165, 1.54) is 0 Å². The summed E-state index contributed by atoms with van der Waals surface area (Å²) in [5, 5.41) is 11.2. The van der Waals surface area contributed by atoms with E-state index in [1.54, 1.807) is 6.07 Å². The van der Waals surface area contributed by atoms with Crippen LogP contribution in [0.2, 0.25) is 0 Å². The van der Waals surface area contributed by atoms with Gasteiger partial charge in [-0.3, -0.25) is 9.17 Å². The first kappa shape index (κ1) is 14.5. The van der Waals surface area contributed by atoms with Crippen LogP contribution >= 0.6 is 27.5 Å². The van der Waals surface area contributed by atoms with Crippen LogP contribution in [0.1, 0.15) is 11.3 Å². The standard InChI is InChI=1S/C9H3BrF3N5OS/c10-4-2-15-8(16-5(4)9(11,12)13)17-7-3(1-14)6(19)18-20-7/h2H,(H,18,19)(H,15,16,17). The Labute approximate surface area is 121 Å². The third kappa shape index (κ3) is 2.81. The molecule has 0 atom stereocenters. The lowest BCUT2D eigenvalue weighted by atomic mass is 10.4. The maximum absolute atomic E-state index is 12.7. The first-order valence-electron chi connectivity index (χ1n) is 4.81. The largest absolute Gasteiger partial charge is 0.434 e. The van der Waals surface area contributed by atoms with Crippen LogP contribution < -0.4 is 10.9 Å². The Bertz CT molecular complexity index is 747. The molecule has 0 bridgehead atoms. The summed E-state index contributed by atoms with van der Waals surface area (Å²) in [5.74, 6) is -0.368. The molecule has 0 aliphatic carbocycles. The average molecular weight is 366 g/mol. The SMILES string of the molecule is N#Cc1c(Nc2ncc(Br)c(C(F)(F)F)n2)s[nH]c1=O. The Morgan fingerprint density at radius 1 is 1.50 bits per heavy atom. The maximum Gasteiger partial charge on any atom is 0.434 e. The molecule has 2 rings (SSSR count). The molecule has 2 aromatic heterocycles. The first-order valence-corrected chi connectivity index (χ1v) is 6.42. The average Bonchev–Trinajstić information content (AvgIpc) is 2.71. The third-order valence-corrected chi connectivity index (χ3v) is 3.43. The normalized spacial score (nSPS) is 11.2. The smallest absolute Gasteiger partial charge is 0.313 e. The van der Waals surface area contributed by atoms with Gasteiger partial charge in [-0.05, 0) is 27.5 Å². The first-order chi connectivity index (χ1) is 9.32. The molecule has 0 fully saturated rings. The van der Waals surface area contributed by atoms with E-state index in [0.29, 0.717) is 0 Å². The van der Waals surface area contributed by atoms with Crippen LogP contribution in [0.3, 0.4) is 0 Å². The van der Waals surface area contributed by atoms with Crippen LogP contribution in [0, 0.1) is 11.3 Å².